The van der Waals surface area contributed by atoms with Crippen LogP contribution in [-0.4, -0.2) is 6.61 Å². The molecule has 0 spiro atoms. The number of hydrogen-bond acceptors (Lipinski definition) is 2. The monoisotopic (exact) mass is 161 g/mol. The van der Waals surface area contributed by atoms with E-state index < -0.39 is 0 Å². The van der Waals surface area contributed by atoms with E-state index >= 15 is 0 Å². The lowest BCUT2D eigenvalue weighted by Crippen LogP contribution is -1.95. The third-order valence-corrected chi connectivity index (χ3v) is 1.44. The summed E-state index contributed by atoms with van der Waals surface area (Å²) < 4.78 is 5.36. The number of nitriles is 1. The smallest absolute Gasteiger partial charge is 0.119 e. The summed E-state index contributed by atoms with van der Waals surface area (Å²) in [5.74, 6) is 0.871. The van der Waals surface area contributed by atoms with Crippen molar-refractivity contribution in [2.45, 2.75) is 12.8 Å². The summed E-state index contributed by atoms with van der Waals surface area (Å²) in [6, 6.07) is 11.7. The van der Waals surface area contributed by atoms with Gasteiger partial charge in [0.15, 0.2) is 0 Å². The summed E-state index contributed by atoms with van der Waals surface area (Å²) >= 11 is 0. The van der Waals surface area contributed by atoms with Gasteiger partial charge in [-0.05, 0) is 18.6 Å². The number of para-hydroxylation sites is 1. The van der Waals surface area contributed by atoms with Crippen LogP contribution in [-0.2, 0) is 0 Å². The summed E-state index contributed by atoms with van der Waals surface area (Å²) in [5, 5.41) is 8.26. The third-order valence-electron chi connectivity index (χ3n) is 1.44. The molecule has 1 aromatic rings. The first-order chi connectivity index (χ1) is 5.93. The van der Waals surface area contributed by atoms with Crippen molar-refractivity contribution >= 4 is 0 Å². The van der Waals surface area contributed by atoms with Crippen molar-refractivity contribution < 1.29 is 4.74 Å². The van der Waals surface area contributed by atoms with E-state index in [9.17, 15) is 0 Å². The number of hydrogen-bond donors (Lipinski definition) is 0. The zero-order valence-corrected chi connectivity index (χ0v) is 6.86. The molecule has 0 fully saturated rings. The van der Waals surface area contributed by atoms with Crippen molar-refractivity contribution in [3.8, 4) is 11.8 Å². The molecule has 0 aliphatic rings. The Balaban J connectivity index is 2.21. The average Bonchev–Trinajstić information content (AvgIpc) is 2.14. The zero-order chi connectivity index (χ0) is 8.65. The summed E-state index contributed by atoms with van der Waals surface area (Å²) in [6.45, 7) is 0.623. The fourth-order valence-electron chi connectivity index (χ4n) is 0.858. The second-order valence-corrected chi connectivity index (χ2v) is 2.42. The Morgan fingerprint density at radius 1 is 1.25 bits per heavy atom. The molecule has 2 heteroatoms. The SMILES string of the molecule is N#CCCCOc1ccccc1. The highest BCUT2D eigenvalue weighted by Crippen LogP contribution is 2.08. The molecule has 0 heterocycles. The molecule has 2 nitrogen and oxygen atoms in total. The maximum atomic E-state index is 8.26. The van der Waals surface area contributed by atoms with Crippen LogP contribution in [0.3, 0.4) is 0 Å². The molecular formula is C10H11NO. The van der Waals surface area contributed by atoms with Crippen LogP contribution in [0.1, 0.15) is 12.8 Å². The molecule has 1 aromatic carbocycles. The van der Waals surface area contributed by atoms with Gasteiger partial charge in [-0.2, -0.15) is 5.26 Å². The van der Waals surface area contributed by atoms with Crippen molar-refractivity contribution in [1.82, 2.24) is 0 Å². The Kier molecular flexibility index (Phi) is 3.73. The highest BCUT2D eigenvalue weighted by molar-refractivity contribution is 5.20. The molecule has 12 heavy (non-hydrogen) atoms. The van der Waals surface area contributed by atoms with E-state index in [1.165, 1.54) is 0 Å². The lowest BCUT2D eigenvalue weighted by molar-refractivity contribution is 0.312. The fourth-order valence-corrected chi connectivity index (χ4v) is 0.858. The summed E-state index contributed by atoms with van der Waals surface area (Å²) in [6.07, 6.45) is 1.36. The predicted octanol–water partition coefficient (Wildman–Crippen LogP) is 2.37. The van der Waals surface area contributed by atoms with E-state index in [1.54, 1.807) is 0 Å². The topological polar surface area (TPSA) is 33.0 Å². The maximum Gasteiger partial charge on any atom is 0.119 e. The summed E-state index contributed by atoms with van der Waals surface area (Å²) in [4.78, 5) is 0. The first-order valence-corrected chi connectivity index (χ1v) is 3.98. The van der Waals surface area contributed by atoms with Crippen LogP contribution in [0.25, 0.3) is 0 Å². The summed E-state index contributed by atoms with van der Waals surface area (Å²) in [5.41, 5.74) is 0. The van der Waals surface area contributed by atoms with E-state index in [0.717, 1.165) is 12.2 Å². The highest BCUT2D eigenvalue weighted by atomic mass is 16.5. The van der Waals surface area contributed by atoms with Crippen molar-refractivity contribution in [2.24, 2.45) is 0 Å². The molecule has 0 amide bonds. The van der Waals surface area contributed by atoms with Gasteiger partial charge >= 0.3 is 0 Å². The quantitative estimate of drug-likeness (QED) is 0.635. The molecular weight excluding hydrogens is 150 g/mol. The summed E-state index contributed by atoms with van der Waals surface area (Å²) in [7, 11) is 0. The van der Waals surface area contributed by atoms with Gasteiger partial charge in [0, 0.05) is 6.42 Å². The van der Waals surface area contributed by atoms with Crippen molar-refractivity contribution in [1.29, 1.82) is 5.26 Å². The highest BCUT2D eigenvalue weighted by Gasteiger charge is 1.89. The molecule has 0 aliphatic carbocycles. The van der Waals surface area contributed by atoms with Gasteiger partial charge in [-0.1, -0.05) is 18.2 Å². The molecule has 0 radical (unpaired) electrons. The van der Waals surface area contributed by atoms with Crippen LogP contribution < -0.4 is 4.74 Å². The van der Waals surface area contributed by atoms with Gasteiger partial charge in [0.05, 0.1) is 12.7 Å². The molecule has 0 saturated heterocycles. The van der Waals surface area contributed by atoms with Gasteiger partial charge in [0.25, 0.3) is 0 Å². The van der Waals surface area contributed by atoms with Gasteiger partial charge in [0.2, 0.25) is 0 Å². The average molecular weight is 161 g/mol. The lowest BCUT2D eigenvalue weighted by atomic mass is 10.3. The van der Waals surface area contributed by atoms with E-state index in [0.29, 0.717) is 13.0 Å². The van der Waals surface area contributed by atoms with Crippen LogP contribution >= 0.6 is 0 Å². The second kappa shape index (κ2) is 5.20. The Labute approximate surface area is 72.4 Å². The van der Waals surface area contributed by atoms with E-state index in [2.05, 4.69) is 6.07 Å². The van der Waals surface area contributed by atoms with Crippen LogP contribution in [0.5, 0.6) is 5.75 Å². The first-order valence-electron chi connectivity index (χ1n) is 3.98. The second-order valence-electron chi connectivity index (χ2n) is 2.42. The Bertz CT molecular complexity index is 250. The molecule has 0 aromatic heterocycles. The van der Waals surface area contributed by atoms with E-state index in [1.807, 2.05) is 30.3 Å². The Morgan fingerprint density at radius 3 is 2.67 bits per heavy atom. The number of nitrogens with zero attached hydrogens (tertiary/aromatic N) is 1. The van der Waals surface area contributed by atoms with Gasteiger partial charge in [-0.25, -0.2) is 0 Å². The van der Waals surface area contributed by atoms with Crippen LogP contribution in [0.4, 0.5) is 0 Å². The fraction of sp³-hybridized carbons (Fsp3) is 0.300. The van der Waals surface area contributed by atoms with Crippen molar-refractivity contribution in [3.63, 3.8) is 0 Å². The minimum atomic E-state index is 0.562. The predicted molar refractivity (Wildman–Crippen MR) is 46.8 cm³/mol. The van der Waals surface area contributed by atoms with E-state index in [-0.39, 0.29) is 0 Å². The Hall–Kier alpha value is -1.49. The molecule has 1 rings (SSSR count). The Morgan fingerprint density at radius 2 is 2.00 bits per heavy atom. The van der Waals surface area contributed by atoms with Crippen LogP contribution in [0.2, 0.25) is 0 Å². The van der Waals surface area contributed by atoms with Gasteiger partial charge < -0.3 is 4.74 Å². The molecule has 0 saturated carbocycles. The minimum absolute atomic E-state index is 0.562. The van der Waals surface area contributed by atoms with Crippen LogP contribution in [0.15, 0.2) is 30.3 Å². The lowest BCUT2D eigenvalue weighted by Gasteiger charge is -2.02. The standard InChI is InChI=1S/C10H11NO/c11-8-4-5-9-12-10-6-2-1-3-7-10/h1-3,6-7H,4-5,9H2. The number of benzene rings is 1. The van der Waals surface area contributed by atoms with Gasteiger partial charge in [-0.3, -0.25) is 0 Å². The van der Waals surface area contributed by atoms with Crippen LogP contribution in [0, 0.1) is 11.3 Å². The van der Waals surface area contributed by atoms with Crippen molar-refractivity contribution in [2.75, 3.05) is 6.61 Å². The number of ether oxygens (including phenoxy) is 1. The van der Waals surface area contributed by atoms with E-state index in [4.69, 9.17) is 10.00 Å². The molecule has 0 unspecified atom stereocenters. The zero-order valence-electron chi connectivity index (χ0n) is 6.86. The molecule has 0 N–H and O–H groups in total. The van der Waals surface area contributed by atoms with Gasteiger partial charge in [-0.15, -0.1) is 0 Å². The third kappa shape index (κ3) is 3.07. The molecule has 0 bridgehead atoms. The van der Waals surface area contributed by atoms with Gasteiger partial charge in [0.1, 0.15) is 5.75 Å². The normalized spacial score (nSPS) is 8.92. The largest absolute Gasteiger partial charge is 0.494 e. The van der Waals surface area contributed by atoms with Crippen molar-refractivity contribution in [3.05, 3.63) is 30.3 Å². The maximum absolute atomic E-state index is 8.26. The first kappa shape index (κ1) is 8.61. The molecule has 0 aliphatic heterocycles. The molecule has 62 valence electrons. The molecule has 0 atom stereocenters. The number of rotatable bonds is 4. The minimum Gasteiger partial charge on any atom is -0.494 e. The number of unbranched alkanes of at least 4 members (excludes halogenated alkanes) is 1.